The van der Waals surface area contributed by atoms with Gasteiger partial charge < -0.3 is 4.98 Å². The highest BCUT2D eigenvalue weighted by Gasteiger charge is 2.07. The highest BCUT2D eigenvalue weighted by atomic mass is 16.2. The fourth-order valence-corrected chi connectivity index (χ4v) is 2.59. The molecule has 0 unspecified atom stereocenters. The van der Waals surface area contributed by atoms with Crippen molar-refractivity contribution in [3.8, 4) is 0 Å². The molecule has 0 aliphatic rings. The molecular weight excluding hydrogens is 324 g/mol. The van der Waals surface area contributed by atoms with Crippen molar-refractivity contribution in [1.82, 2.24) is 24.4 Å². The number of aromatic nitrogens is 5. The minimum Gasteiger partial charge on any atom is -0.307 e. The van der Waals surface area contributed by atoms with E-state index in [4.69, 9.17) is 0 Å². The van der Waals surface area contributed by atoms with E-state index in [1.807, 2.05) is 0 Å². The standard InChI is InChI=1S/C16H18N6O3/c23-14(20-21-10-17-18-11-21)8-2-1-5-9-22-15(24)12-6-3-4-7-13(12)19-16(22)25/h3-4,6-7,10-11H,1-2,5,8-9H2,(H,19,25)(H,20,23). The summed E-state index contributed by atoms with van der Waals surface area (Å²) in [6.45, 7) is 0.325. The van der Waals surface area contributed by atoms with E-state index in [0.29, 0.717) is 36.7 Å². The summed E-state index contributed by atoms with van der Waals surface area (Å²) in [4.78, 5) is 38.8. The van der Waals surface area contributed by atoms with Crippen molar-refractivity contribution in [1.29, 1.82) is 0 Å². The number of aromatic amines is 1. The second-order valence-electron chi connectivity index (χ2n) is 5.65. The third-order valence-corrected chi connectivity index (χ3v) is 3.85. The lowest BCUT2D eigenvalue weighted by Gasteiger charge is -2.07. The van der Waals surface area contributed by atoms with Gasteiger partial charge in [0.05, 0.1) is 10.9 Å². The SMILES string of the molecule is O=C(CCCCCn1c(=O)[nH]c2ccccc2c1=O)Nn1cnnc1. The van der Waals surface area contributed by atoms with Crippen molar-refractivity contribution in [3.05, 3.63) is 57.8 Å². The molecule has 0 bridgehead atoms. The summed E-state index contributed by atoms with van der Waals surface area (Å²) in [5, 5.41) is 7.68. The first kappa shape index (κ1) is 16.6. The van der Waals surface area contributed by atoms with Crippen LogP contribution >= 0.6 is 0 Å². The molecule has 3 aromatic rings. The predicted molar refractivity (Wildman–Crippen MR) is 91.7 cm³/mol. The molecule has 0 fully saturated rings. The average Bonchev–Trinajstić information content (AvgIpc) is 3.10. The molecule has 130 valence electrons. The van der Waals surface area contributed by atoms with E-state index in [9.17, 15) is 14.4 Å². The van der Waals surface area contributed by atoms with Crippen LogP contribution in [0.4, 0.5) is 0 Å². The maximum atomic E-state index is 12.4. The first-order valence-corrected chi connectivity index (χ1v) is 8.01. The van der Waals surface area contributed by atoms with Gasteiger partial charge in [0.15, 0.2) is 0 Å². The van der Waals surface area contributed by atoms with Crippen LogP contribution in [0.2, 0.25) is 0 Å². The Bertz CT molecular complexity index is 973. The molecule has 9 heteroatoms. The van der Waals surface area contributed by atoms with Gasteiger partial charge in [-0.05, 0) is 25.0 Å². The van der Waals surface area contributed by atoms with Gasteiger partial charge in [-0.25, -0.2) is 9.47 Å². The zero-order valence-electron chi connectivity index (χ0n) is 13.5. The van der Waals surface area contributed by atoms with E-state index in [0.717, 1.165) is 6.42 Å². The van der Waals surface area contributed by atoms with E-state index in [-0.39, 0.29) is 11.5 Å². The van der Waals surface area contributed by atoms with E-state index in [2.05, 4.69) is 20.6 Å². The molecule has 0 saturated carbocycles. The predicted octanol–water partition coefficient (Wildman–Crippen LogP) is 0.612. The van der Waals surface area contributed by atoms with Crippen LogP contribution in [0, 0.1) is 0 Å². The normalized spacial score (nSPS) is 10.9. The van der Waals surface area contributed by atoms with Crippen LogP contribution in [0.5, 0.6) is 0 Å². The fourth-order valence-electron chi connectivity index (χ4n) is 2.59. The van der Waals surface area contributed by atoms with Crippen molar-refractivity contribution in [2.24, 2.45) is 0 Å². The number of hydrogen-bond donors (Lipinski definition) is 2. The lowest BCUT2D eigenvalue weighted by Crippen LogP contribution is -2.35. The van der Waals surface area contributed by atoms with Crippen LogP contribution in [0.15, 0.2) is 46.5 Å². The number of para-hydroxylation sites is 1. The van der Waals surface area contributed by atoms with E-state index >= 15 is 0 Å². The van der Waals surface area contributed by atoms with Gasteiger partial charge in [0.25, 0.3) is 5.56 Å². The number of carbonyl (C=O) groups excluding carboxylic acids is 1. The van der Waals surface area contributed by atoms with E-state index < -0.39 is 5.69 Å². The topological polar surface area (TPSA) is 115 Å². The molecule has 2 N–H and O–H groups in total. The minimum atomic E-state index is -0.408. The van der Waals surface area contributed by atoms with Gasteiger partial charge in [0, 0.05) is 13.0 Å². The largest absolute Gasteiger partial charge is 0.328 e. The Morgan fingerprint density at radius 1 is 1.08 bits per heavy atom. The van der Waals surface area contributed by atoms with Crippen LogP contribution in [0.25, 0.3) is 10.9 Å². The molecule has 2 aromatic heterocycles. The Morgan fingerprint density at radius 3 is 2.64 bits per heavy atom. The Balaban J connectivity index is 1.51. The molecule has 2 heterocycles. The molecule has 0 aliphatic carbocycles. The lowest BCUT2D eigenvalue weighted by atomic mass is 10.2. The second kappa shape index (κ2) is 7.56. The first-order valence-electron chi connectivity index (χ1n) is 8.01. The third kappa shape index (κ3) is 4.00. The van der Waals surface area contributed by atoms with Gasteiger partial charge in [-0.15, -0.1) is 10.2 Å². The molecule has 0 radical (unpaired) electrons. The van der Waals surface area contributed by atoms with Crippen LogP contribution < -0.4 is 16.7 Å². The molecule has 1 aromatic carbocycles. The highest BCUT2D eigenvalue weighted by molar-refractivity contribution is 5.83. The quantitative estimate of drug-likeness (QED) is 0.611. The number of hydrogen-bond acceptors (Lipinski definition) is 5. The van der Waals surface area contributed by atoms with Gasteiger partial charge in [-0.3, -0.25) is 19.6 Å². The smallest absolute Gasteiger partial charge is 0.307 e. The van der Waals surface area contributed by atoms with Crippen LogP contribution in [-0.4, -0.2) is 30.3 Å². The minimum absolute atomic E-state index is 0.138. The number of amides is 1. The van der Waals surface area contributed by atoms with Crippen molar-refractivity contribution in [2.45, 2.75) is 32.2 Å². The third-order valence-electron chi connectivity index (χ3n) is 3.85. The monoisotopic (exact) mass is 342 g/mol. The van der Waals surface area contributed by atoms with Crippen LogP contribution in [0.1, 0.15) is 25.7 Å². The van der Waals surface area contributed by atoms with Gasteiger partial charge in [0.2, 0.25) is 5.91 Å². The number of H-pyrrole nitrogens is 1. The average molecular weight is 342 g/mol. The summed E-state index contributed by atoms with van der Waals surface area (Å²) in [5.74, 6) is -0.138. The van der Waals surface area contributed by atoms with Crippen molar-refractivity contribution >= 4 is 16.8 Å². The Hall–Kier alpha value is -3.23. The van der Waals surface area contributed by atoms with Gasteiger partial charge in [-0.1, -0.05) is 18.6 Å². The lowest BCUT2D eigenvalue weighted by molar-refractivity contribution is -0.117. The Kier molecular flexibility index (Phi) is 5.03. The molecule has 0 aliphatic heterocycles. The zero-order chi connectivity index (χ0) is 17.6. The van der Waals surface area contributed by atoms with Crippen LogP contribution in [-0.2, 0) is 11.3 Å². The number of rotatable bonds is 7. The number of nitrogens with one attached hydrogen (secondary N) is 2. The molecule has 0 atom stereocenters. The summed E-state index contributed by atoms with van der Waals surface area (Å²) in [6, 6.07) is 6.93. The second-order valence-corrected chi connectivity index (χ2v) is 5.65. The van der Waals surface area contributed by atoms with Gasteiger partial charge in [-0.2, -0.15) is 0 Å². The number of nitrogens with zero attached hydrogens (tertiary/aromatic N) is 4. The first-order chi connectivity index (χ1) is 12.1. The fraction of sp³-hybridized carbons (Fsp3) is 0.312. The summed E-state index contributed by atoms with van der Waals surface area (Å²) < 4.78 is 2.59. The molecule has 0 saturated heterocycles. The van der Waals surface area contributed by atoms with Crippen LogP contribution in [0.3, 0.4) is 0 Å². The maximum absolute atomic E-state index is 12.4. The summed E-state index contributed by atoms with van der Waals surface area (Å²) >= 11 is 0. The molecule has 9 nitrogen and oxygen atoms in total. The molecule has 0 spiro atoms. The number of fused-ring (bicyclic) bond motifs is 1. The van der Waals surface area contributed by atoms with Crippen molar-refractivity contribution in [2.75, 3.05) is 5.43 Å². The van der Waals surface area contributed by atoms with Gasteiger partial charge in [0.1, 0.15) is 12.7 Å². The maximum Gasteiger partial charge on any atom is 0.328 e. The Labute approximate surface area is 142 Å². The molecule has 1 amide bonds. The number of benzene rings is 1. The van der Waals surface area contributed by atoms with Gasteiger partial charge >= 0.3 is 5.69 Å². The van der Waals surface area contributed by atoms with E-state index in [1.54, 1.807) is 24.3 Å². The molecule has 3 rings (SSSR count). The van der Waals surface area contributed by atoms with Crippen molar-refractivity contribution in [3.63, 3.8) is 0 Å². The molecular formula is C16H18N6O3. The highest BCUT2D eigenvalue weighted by Crippen LogP contribution is 2.05. The van der Waals surface area contributed by atoms with Crippen molar-refractivity contribution < 1.29 is 4.79 Å². The zero-order valence-corrected chi connectivity index (χ0v) is 13.5. The Morgan fingerprint density at radius 2 is 1.84 bits per heavy atom. The molecule has 25 heavy (non-hydrogen) atoms. The van der Waals surface area contributed by atoms with E-state index in [1.165, 1.54) is 21.9 Å². The summed E-state index contributed by atoms with van der Waals surface area (Å²) in [6.07, 6.45) is 5.18. The summed E-state index contributed by atoms with van der Waals surface area (Å²) in [5.41, 5.74) is 2.46. The summed E-state index contributed by atoms with van der Waals surface area (Å²) in [7, 11) is 0. The number of unbranched alkanes of at least 4 members (excludes halogenated alkanes) is 2. The number of carbonyl (C=O) groups is 1.